The number of rotatable bonds is 5. The molecule has 1 aliphatic carbocycles. The highest BCUT2D eigenvalue weighted by Crippen LogP contribution is 2.44. The maximum absolute atomic E-state index is 5.94. The fourth-order valence-corrected chi connectivity index (χ4v) is 2.55. The van der Waals surface area contributed by atoms with Crippen molar-refractivity contribution in [3.63, 3.8) is 0 Å². The van der Waals surface area contributed by atoms with E-state index < -0.39 is 0 Å². The predicted molar refractivity (Wildman–Crippen MR) is 68.3 cm³/mol. The molecule has 0 bridgehead atoms. The van der Waals surface area contributed by atoms with Crippen LogP contribution in [0, 0.1) is 0 Å². The van der Waals surface area contributed by atoms with Gasteiger partial charge >= 0.3 is 0 Å². The minimum absolute atomic E-state index is 0.178. The van der Waals surface area contributed by atoms with Crippen molar-refractivity contribution in [3.8, 4) is 5.75 Å². The fraction of sp³-hybridized carbons (Fsp3) is 0.571. The van der Waals surface area contributed by atoms with Gasteiger partial charge in [-0.2, -0.15) is 0 Å². The summed E-state index contributed by atoms with van der Waals surface area (Å²) in [5.41, 5.74) is 8.58. The van der Waals surface area contributed by atoms with E-state index in [9.17, 15) is 0 Å². The van der Waals surface area contributed by atoms with Gasteiger partial charge in [-0.15, -0.1) is 0 Å². The molecule has 1 aromatic rings. The molecule has 0 aliphatic heterocycles. The Bertz CT molecular complexity index is 380. The highest BCUT2D eigenvalue weighted by molar-refractivity contribution is 5.40. The van der Waals surface area contributed by atoms with Crippen LogP contribution in [-0.4, -0.2) is 20.8 Å². The summed E-state index contributed by atoms with van der Waals surface area (Å²) in [6.07, 6.45) is 3.64. The molecular weight excluding hydrogens is 214 g/mol. The Labute approximate surface area is 103 Å². The monoisotopic (exact) mass is 235 g/mol. The SMILES string of the molecule is COCc1cc(OC)cc(C2(CN)CCC2)c1. The summed E-state index contributed by atoms with van der Waals surface area (Å²) in [7, 11) is 3.41. The van der Waals surface area contributed by atoms with Crippen LogP contribution in [0.3, 0.4) is 0 Å². The molecule has 2 N–H and O–H groups in total. The summed E-state index contributed by atoms with van der Waals surface area (Å²) in [6.45, 7) is 1.33. The Morgan fingerprint density at radius 1 is 1.24 bits per heavy atom. The lowest BCUT2D eigenvalue weighted by Crippen LogP contribution is -2.41. The molecule has 0 radical (unpaired) electrons. The van der Waals surface area contributed by atoms with Crippen LogP contribution in [-0.2, 0) is 16.8 Å². The maximum atomic E-state index is 5.94. The average Bonchev–Trinajstić information content (AvgIpc) is 2.28. The lowest BCUT2D eigenvalue weighted by Gasteiger charge is -2.41. The van der Waals surface area contributed by atoms with E-state index in [1.807, 2.05) is 6.07 Å². The first-order valence-corrected chi connectivity index (χ1v) is 6.11. The van der Waals surface area contributed by atoms with Gasteiger partial charge in [0.15, 0.2) is 0 Å². The Kier molecular flexibility index (Phi) is 3.69. The molecule has 2 rings (SSSR count). The average molecular weight is 235 g/mol. The molecule has 3 heteroatoms. The summed E-state index contributed by atoms with van der Waals surface area (Å²) in [6, 6.07) is 6.35. The van der Waals surface area contributed by atoms with Gasteiger partial charge in [0.25, 0.3) is 0 Å². The van der Waals surface area contributed by atoms with Crippen LogP contribution in [0.2, 0.25) is 0 Å². The molecule has 1 saturated carbocycles. The van der Waals surface area contributed by atoms with Crippen molar-refractivity contribution in [2.75, 3.05) is 20.8 Å². The summed E-state index contributed by atoms with van der Waals surface area (Å²) >= 11 is 0. The maximum Gasteiger partial charge on any atom is 0.119 e. The van der Waals surface area contributed by atoms with E-state index in [-0.39, 0.29) is 5.41 Å². The van der Waals surface area contributed by atoms with Gasteiger partial charge in [0.2, 0.25) is 0 Å². The van der Waals surface area contributed by atoms with Crippen LogP contribution in [0.25, 0.3) is 0 Å². The van der Waals surface area contributed by atoms with E-state index >= 15 is 0 Å². The van der Waals surface area contributed by atoms with Gasteiger partial charge in [-0.3, -0.25) is 0 Å². The topological polar surface area (TPSA) is 44.5 Å². The molecule has 94 valence electrons. The van der Waals surface area contributed by atoms with Crippen molar-refractivity contribution in [2.45, 2.75) is 31.3 Å². The first kappa shape index (κ1) is 12.4. The molecule has 0 aromatic heterocycles. The van der Waals surface area contributed by atoms with Crippen LogP contribution in [0.1, 0.15) is 30.4 Å². The highest BCUT2D eigenvalue weighted by Gasteiger charge is 2.37. The molecule has 0 spiro atoms. The molecule has 0 unspecified atom stereocenters. The van der Waals surface area contributed by atoms with Gasteiger partial charge in [0.1, 0.15) is 5.75 Å². The molecule has 3 nitrogen and oxygen atoms in total. The molecule has 1 fully saturated rings. The van der Waals surface area contributed by atoms with Gasteiger partial charge in [0.05, 0.1) is 13.7 Å². The summed E-state index contributed by atoms with van der Waals surface area (Å²) < 4.78 is 10.5. The second kappa shape index (κ2) is 5.07. The third-order valence-corrected chi connectivity index (χ3v) is 3.83. The zero-order valence-corrected chi connectivity index (χ0v) is 10.7. The first-order valence-electron chi connectivity index (χ1n) is 6.11. The second-order valence-electron chi connectivity index (χ2n) is 4.84. The van der Waals surface area contributed by atoms with Gasteiger partial charge in [-0.05, 0) is 36.1 Å². The van der Waals surface area contributed by atoms with Crippen molar-refractivity contribution < 1.29 is 9.47 Å². The molecular formula is C14H21NO2. The van der Waals surface area contributed by atoms with Crippen molar-refractivity contribution >= 4 is 0 Å². The third kappa shape index (κ3) is 2.31. The minimum Gasteiger partial charge on any atom is -0.497 e. The Hall–Kier alpha value is -1.06. The van der Waals surface area contributed by atoms with Crippen LogP contribution in [0.5, 0.6) is 5.75 Å². The predicted octanol–water partition coefficient (Wildman–Crippen LogP) is 2.22. The molecule has 1 aromatic carbocycles. The quantitative estimate of drug-likeness (QED) is 0.851. The molecule has 1 aliphatic rings. The molecule has 0 heterocycles. The Morgan fingerprint density at radius 3 is 2.47 bits per heavy atom. The largest absolute Gasteiger partial charge is 0.497 e. The van der Waals surface area contributed by atoms with Gasteiger partial charge in [-0.1, -0.05) is 12.5 Å². The minimum atomic E-state index is 0.178. The van der Waals surface area contributed by atoms with Gasteiger partial charge < -0.3 is 15.2 Å². The molecule has 0 saturated heterocycles. The van der Waals surface area contributed by atoms with Crippen molar-refractivity contribution in [2.24, 2.45) is 5.73 Å². The van der Waals surface area contributed by atoms with E-state index in [0.29, 0.717) is 13.2 Å². The normalized spacial score (nSPS) is 17.6. The van der Waals surface area contributed by atoms with Crippen LogP contribution >= 0.6 is 0 Å². The summed E-state index contributed by atoms with van der Waals surface area (Å²) in [4.78, 5) is 0. The number of ether oxygens (including phenoxy) is 2. The van der Waals surface area contributed by atoms with E-state index in [1.165, 1.54) is 24.8 Å². The number of hydrogen-bond acceptors (Lipinski definition) is 3. The van der Waals surface area contributed by atoms with Gasteiger partial charge in [0, 0.05) is 19.1 Å². The Balaban J connectivity index is 2.35. The number of hydrogen-bond donors (Lipinski definition) is 1. The number of benzene rings is 1. The second-order valence-corrected chi connectivity index (χ2v) is 4.84. The lowest BCUT2D eigenvalue weighted by molar-refractivity contribution is 0.184. The van der Waals surface area contributed by atoms with E-state index in [2.05, 4.69) is 12.1 Å². The van der Waals surface area contributed by atoms with Crippen LogP contribution in [0.4, 0.5) is 0 Å². The van der Waals surface area contributed by atoms with Crippen molar-refractivity contribution in [1.29, 1.82) is 0 Å². The molecule has 17 heavy (non-hydrogen) atoms. The highest BCUT2D eigenvalue weighted by atomic mass is 16.5. The van der Waals surface area contributed by atoms with Crippen molar-refractivity contribution in [3.05, 3.63) is 29.3 Å². The smallest absolute Gasteiger partial charge is 0.119 e. The summed E-state index contributed by atoms with van der Waals surface area (Å²) in [5, 5.41) is 0. The third-order valence-electron chi connectivity index (χ3n) is 3.83. The zero-order valence-electron chi connectivity index (χ0n) is 10.7. The molecule has 0 atom stereocenters. The van der Waals surface area contributed by atoms with Crippen LogP contribution < -0.4 is 10.5 Å². The van der Waals surface area contributed by atoms with Gasteiger partial charge in [-0.25, -0.2) is 0 Å². The van der Waals surface area contributed by atoms with E-state index in [4.69, 9.17) is 15.2 Å². The van der Waals surface area contributed by atoms with Crippen molar-refractivity contribution in [1.82, 2.24) is 0 Å². The number of nitrogens with two attached hydrogens (primary N) is 1. The Morgan fingerprint density at radius 2 is 2.00 bits per heavy atom. The fourth-order valence-electron chi connectivity index (χ4n) is 2.55. The van der Waals surface area contributed by atoms with E-state index in [1.54, 1.807) is 14.2 Å². The molecule has 0 amide bonds. The number of methoxy groups -OCH3 is 2. The first-order chi connectivity index (χ1) is 8.24. The van der Waals surface area contributed by atoms with E-state index in [0.717, 1.165) is 11.3 Å². The lowest BCUT2D eigenvalue weighted by atomic mass is 9.64. The standard InChI is InChI=1S/C14H21NO2/c1-16-9-11-6-12(8-13(7-11)17-2)14(10-15)4-3-5-14/h6-8H,3-5,9-10,15H2,1-2H3. The summed E-state index contributed by atoms with van der Waals surface area (Å²) in [5.74, 6) is 0.897. The zero-order chi connectivity index (χ0) is 12.3. The van der Waals surface area contributed by atoms with Crippen LogP contribution in [0.15, 0.2) is 18.2 Å².